The average molecular weight is 290 g/mol. The van der Waals surface area contributed by atoms with Crippen molar-refractivity contribution in [2.75, 3.05) is 6.54 Å². The number of benzene rings is 1. The van der Waals surface area contributed by atoms with E-state index in [-0.39, 0.29) is 0 Å². The predicted molar refractivity (Wildman–Crippen MR) is 83.7 cm³/mol. The molecule has 0 unspecified atom stereocenters. The molecular weight excluding hydrogens is 272 g/mol. The van der Waals surface area contributed by atoms with E-state index in [2.05, 4.69) is 43.4 Å². The summed E-state index contributed by atoms with van der Waals surface area (Å²) >= 11 is 3.78. The molecule has 1 N–H and O–H groups in total. The lowest BCUT2D eigenvalue weighted by molar-refractivity contribution is 0.551. The van der Waals surface area contributed by atoms with Crippen LogP contribution < -0.4 is 5.32 Å². The Morgan fingerprint density at radius 1 is 1.32 bits per heavy atom. The lowest BCUT2D eigenvalue weighted by Gasteiger charge is -2.13. The maximum Gasteiger partial charge on any atom is 0.107 e. The van der Waals surface area contributed by atoms with Gasteiger partial charge in [0.2, 0.25) is 0 Å². The maximum atomic E-state index is 4.83. The van der Waals surface area contributed by atoms with Crippen LogP contribution in [0.15, 0.2) is 29.2 Å². The molecule has 0 saturated heterocycles. The summed E-state index contributed by atoms with van der Waals surface area (Å²) in [6.07, 6.45) is 0. The van der Waals surface area contributed by atoms with Crippen LogP contribution in [-0.2, 0) is 12.3 Å². The van der Waals surface area contributed by atoms with Gasteiger partial charge in [0.05, 0.1) is 5.69 Å². The molecule has 0 amide bonds. The number of hydrogen-bond donors (Lipinski definition) is 1. The third-order valence-corrected chi connectivity index (χ3v) is 5.41. The van der Waals surface area contributed by atoms with Gasteiger partial charge in [-0.2, -0.15) is 0 Å². The van der Waals surface area contributed by atoms with Gasteiger partial charge < -0.3 is 5.32 Å². The second-order valence-electron chi connectivity index (χ2n) is 5.19. The van der Waals surface area contributed by atoms with Crippen LogP contribution >= 0.6 is 23.1 Å². The molecule has 0 spiro atoms. The fraction of sp³-hybridized carbons (Fsp3) is 0.400. The molecule has 0 radical (unpaired) electrons. The quantitative estimate of drug-likeness (QED) is 0.915. The summed E-state index contributed by atoms with van der Waals surface area (Å²) in [5, 5.41) is 4.69. The van der Waals surface area contributed by atoms with E-state index in [1.165, 1.54) is 26.0 Å². The topological polar surface area (TPSA) is 24.9 Å². The van der Waals surface area contributed by atoms with Gasteiger partial charge in [-0.15, -0.1) is 23.1 Å². The first-order chi connectivity index (χ1) is 9.24. The molecule has 0 bridgehead atoms. The predicted octanol–water partition coefficient (Wildman–Crippen LogP) is 4.16. The Bertz CT molecular complexity index is 575. The zero-order valence-electron chi connectivity index (χ0n) is 11.3. The summed E-state index contributed by atoms with van der Waals surface area (Å²) in [7, 11) is 0. The third-order valence-electron chi connectivity index (χ3n) is 3.07. The van der Waals surface area contributed by atoms with Crippen molar-refractivity contribution in [1.29, 1.82) is 0 Å². The molecule has 1 aliphatic heterocycles. The molecule has 0 atom stereocenters. The Morgan fingerprint density at radius 2 is 2.16 bits per heavy atom. The normalized spacial score (nSPS) is 13.4. The van der Waals surface area contributed by atoms with Crippen LogP contribution in [0.5, 0.6) is 0 Å². The molecule has 1 aliphatic rings. The molecule has 3 rings (SSSR count). The maximum absolute atomic E-state index is 4.83. The van der Waals surface area contributed by atoms with E-state index in [0.717, 1.165) is 18.8 Å². The Hall–Kier alpha value is -0.840. The number of thioether (sulfide) groups is 1. The van der Waals surface area contributed by atoms with E-state index < -0.39 is 0 Å². The zero-order chi connectivity index (χ0) is 13.2. The van der Waals surface area contributed by atoms with Crippen LogP contribution in [-0.4, -0.2) is 11.5 Å². The van der Waals surface area contributed by atoms with Crippen molar-refractivity contribution in [2.24, 2.45) is 5.92 Å². The van der Waals surface area contributed by atoms with Crippen LogP contribution in [0.25, 0.3) is 11.3 Å². The fourth-order valence-corrected chi connectivity index (χ4v) is 4.36. The highest BCUT2D eigenvalue weighted by Gasteiger charge is 2.20. The highest BCUT2D eigenvalue weighted by atomic mass is 32.2. The van der Waals surface area contributed by atoms with Gasteiger partial charge in [-0.3, -0.25) is 0 Å². The van der Waals surface area contributed by atoms with Crippen molar-refractivity contribution in [3.05, 3.63) is 34.2 Å². The molecular formula is C15H18N2S2. The summed E-state index contributed by atoms with van der Waals surface area (Å²) in [6.45, 7) is 6.40. The van der Waals surface area contributed by atoms with E-state index in [1.807, 2.05) is 23.1 Å². The lowest BCUT2D eigenvalue weighted by Crippen LogP contribution is -2.18. The van der Waals surface area contributed by atoms with Crippen LogP contribution in [0.4, 0.5) is 0 Å². The number of rotatable bonds is 4. The van der Waals surface area contributed by atoms with Gasteiger partial charge in [0.25, 0.3) is 0 Å². The summed E-state index contributed by atoms with van der Waals surface area (Å²) < 4.78 is 0. The Balaban J connectivity index is 1.81. The van der Waals surface area contributed by atoms with Crippen molar-refractivity contribution in [3.63, 3.8) is 0 Å². The van der Waals surface area contributed by atoms with Gasteiger partial charge in [-0.25, -0.2) is 4.98 Å². The minimum Gasteiger partial charge on any atom is -0.310 e. The summed E-state index contributed by atoms with van der Waals surface area (Å²) in [5.41, 5.74) is 2.51. The first-order valence-corrected chi connectivity index (χ1v) is 8.45. The van der Waals surface area contributed by atoms with Gasteiger partial charge in [0.1, 0.15) is 5.01 Å². The van der Waals surface area contributed by atoms with Gasteiger partial charge in [0.15, 0.2) is 0 Å². The highest BCUT2D eigenvalue weighted by Crippen LogP contribution is 2.43. The Morgan fingerprint density at radius 3 is 3.00 bits per heavy atom. The zero-order valence-corrected chi connectivity index (χ0v) is 12.9. The summed E-state index contributed by atoms with van der Waals surface area (Å²) in [6, 6.07) is 8.59. The standard InChI is InChI=1S/C15H18N2S2/c1-10(2)7-16-8-14-17-15-11-5-3-4-6-12(11)18-9-13(15)19-14/h3-6,10,16H,7-9H2,1-2H3. The van der Waals surface area contributed by atoms with Crippen molar-refractivity contribution < 1.29 is 0 Å². The molecule has 1 aromatic heterocycles. The number of fused-ring (bicyclic) bond motifs is 3. The SMILES string of the molecule is CC(C)CNCc1nc2c(s1)CSc1ccccc1-2. The van der Waals surface area contributed by atoms with Crippen LogP contribution in [0.1, 0.15) is 23.7 Å². The average Bonchev–Trinajstić information content (AvgIpc) is 2.81. The molecule has 2 heterocycles. The largest absolute Gasteiger partial charge is 0.310 e. The van der Waals surface area contributed by atoms with Crippen LogP contribution in [0, 0.1) is 5.92 Å². The second-order valence-corrected chi connectivity index (χ2v) is 7.37. The van der Waals surface area contributed by atoms with Gasteiger partial charge in [-0.1, -0.05) is 32.0 Å². The first-order valence-electron chi connectivity index (χ1n) is 6.65. The highest BCUT2D eigenvalue weighted by molar-refractivity contribution is 7.98. The molecule has 0 aliphatic carbocycles. The van der Waals surface area contributed by atoms with Crippen molar-refractivity contribution in [2.45, 2.75) is 31.0 Å². The van der Waals surface area contributed by atoms with E-state index in [1.54, 1.807) is 0 Å². The molecule has 100 valence electrons. The molecule has 0 fully saturated rings. The van der Waals surface area contributed by atoms with E-state index in [4.69, 9.17) is 4.98 Å². The fourth-order valence-electron chi connectivity index (χ4n) is 2.18. The van der Waals surface area contributed by atoms with E-state index in [0.29, 0.717) is 5.92 Å². The van der Waals surface area contributed by atoms with Crippen molar-refractivity contribution in [3.8, 4) is 11.3 Å². The van der Waals surface area contributed by atoms with Gasteiger partial charge in [0, 0.05) is 27.6 Å². The molecule has 19 heavy (non-hydrogen) atoms. The minimum absolute atomic E-state index is 0.686. The van der Waals surface area contributed by atoms with E-state index in [9.17, 15) is 0 Å². The van der Waals surface area contributed by atoms with Crippen molar-refractivity contribution in [1.82, 2.24) is 10.3 Å². The van der Waals surface area contributed by atoms with Crippen LogP contribution in [0.2, 0.25) is 0 Å². The second kappa shape index (κ2) is 5.65. The number of thiazole rings is 1. The summed E-state index contributed by atoms with van der Waals surface area (Å²) in [4.78, 5) is 7.62. The molecule has 2 nitrogen and oxygen atoms in total. The summed E-state index contributed by atoms with van der Waals surface area (Å²) in [5.74, 6) is 1.75. The van der Waals surface area contributed by atoms with Gasteiger partial charge >= 0.3 is 0 Å². The molecule has 2 aromatic rings. The molecule has 1 aromatic carbocycles. The smallest absolute Gasteiger partial charge is 0.107 e. The Labute approximate surface area is 122 Å². The van der Waals surface area contributed by atoms with Crippen LogP contribution in [0.3, 0.4) is 0 Å². The lowest BCUT2D eigenvalue weighted by atomic mass is 10.1. The number of nitrogens with zero attached hydrogens (tertiary/aromatic N) is 1. The van der Waals surface area contributed by atoms with Gasteiger partial charge in [-0.05, 0) is 18.5 Å². The van der Waals surface area contributed by atoms with Crippen molar-refractivity contribution >= 4 is 23.1 Å². The third kappa shape index (κ3) is 2.86. The van der Waals surface area contributed by atoms with E-state index >= 15 is 0 Å². The number of nitrogens with one attached hydrogen (secondary N) is 1. The number of aromatic nitrogens is 1. The monoisotopic (exact) mass is 290 g/mol. The first kappa shape index (κ1) is 13.2. The minimum atomic E-state index is 0.686. The number of hydrogen-bond acceptors (Lipinski definition) is 4. The molecule has 0 saturated carbocycles. The Kier molecular flexibility index (Phi) is 3.91. The molecule has 4 heteroatoms.